The summed E-state index contributed by atoms with van der Waals surface area (Å²) >= 11 is 0. The van der Waals surface area contributed by atoms with Crippen LogP contribution in [0.3, 0.4) is 0 Å². The molecule has 3 N–H and O–H groups in total. The van der Waals surface area contributed by atoms with Crippen LogP contribution in [0.1, 0.15) is 21.9 Å². The van der Waals surface area contributed by atoms with Gasteiger partial charge in [0.05, 0.1) is 12.2 Å². The molecule has 0 radical (unpaired) electrons. The molecule has 2 aromatic rings. The van der Waals surface area contributed by atoms with Gasteiger partial charge in [-0.15, -0.1) is 0 Å². The minimum absolute atomic E-state index is 0.0588. The number of nitrogens with zero attached hydrogens (tertiary/aromatic N) is 1. The van der Waals surface area contributed by atoms with Crippen molar-refractivity contribution in [3.8, 4) is 0 Å². The summed E-state index contributed by atoms with van der Waals surface area (Å²) in [7, 11) is -3.79. The quantitative estimate of drug-likeness (QED) is 0.734. The number of H-pyrrole nitrogens is 1. The number of carboxylic acids is 1. The molecule has 0 spiro atoms. The molecule has 8 nitrogen and oxygen atoms in total. The standard InChI is InChI=1S/C10H11N3O5S/c1-6-2-7(18-13-6)4-12-19(16,17)8-3-9(10(14)15)11-5-8/h2-3,5,11-12H,4H2,1H3,(H,14,15). The lowest BCUT2D eigenvalue weighted by molar-refractivity contribution is 0.0691. The van der Waals surface area contributed by atoms with Crippen LogP contribution < -0.4 is 4.72 Å². The first kappa shape index (κ1) is 13.3. The van der Waals surface area contributed by atoms with Gasteiger partial charge in [0.25, 0.3) is 0 Å². The molecule has 0 aromatic carbocycles. The van der Waals surface area contributed by atoms with E-state index in [2.05, 4.69) is 14.9 Å². The molecule has 0 fully saturated rings. The normalized spacial score (nSPS) is 11.6. The lowest BCUT2D eigenvalue weighted by Gasteiger charge is -2.01. The monoisotopic (exact) mass is 285 g/mol. The van der Waals surface area contributed by atoms with E-state index in [0.29, 0.717) is 11.5 Å². The first-order chi connectivity index (χ1) is 8.88. The number of aromatic nitrogens is 2. The Balaban J connectivity index is 2.11. The number of carbonyl (C=O) groups is 1. The number of aromatic carboxylic acids is 1. The molecule has 2 aromatic heterocycles. The topological polar surface area (TPSA) is 125 Å². The molecule has 0 amide bonds. The molecule has 19 heavy (non-hydrogen) atoms. The SMILES string of the molecule is Cc1cc(CNS(=O)(=O)c2c[nH]c(C(=O)O)c2)on1. The van der Waals surface area contributed by atoms with Gasteiger partial charge in [0, 0.05) is 12.3 Å². The molecule has 0 aliphatic carbocycles. The highest BCUT2D eigenvalue weighted by atomic mass is 32.2. The fourth-order valence-electron chi connectivity index (χ4n) is 1.40. The summed E-state index contributed by atoms with van der Waals surface area (Å²) in [5, 5.41) is 12.3. The highest BCUT2D eigenvalue weighted by Gasteiger charge is 2.18. The second-order valence-corrected chi connectivity index (χ2v) is 5.58. The van der Waals surface area contributed by atoms with E-state index in [-0.39, 0.29) is 17.1 Å². The van der Waals surface area contributed by atoms with E-state index in [1.807, 2.05) is 0 Å². The minimum Gasteiger partial charge on any atom is -0.477 e. The van der Waals surface area contributed by atoms with Crippen LogP contribution in [0.4, 0.5) is 0 Å². The summed E-state index contributed by atoms with van der Waals surface area (Å²) in [6.45, 7) is 1.66. The molecule has 0 unspecified atom stereocenters. The van der Waals surface area contributed by atoms with Crippen molar-refractivity contribution in [1.29, 1.82) is 0 Å². The smallest absolute Gasteiger partial charge is 0.352 e. The van der Waals surface area contributed by atoms with Crippen molar-refractivity contribution in [3.05, 3.63) is 35.5 Å². The van der Waals surface area contributed by atoms with Crippen LogP contribution >= 0.6 is 0 Å². The zero-order valence-corrected chi connectivity index (χ0v) is 10.7. The second-order valence-electron chi connectivity index (χ2n) is 3.81. The Bertz CT molecular complexity index is 700. The van der Waals surface area contributed by atoms with Crippen LogP contribution in [0.15, 0.2) is 27.7 Å². The van der Waals surface area contributed by atoms with Gasteiger partial charge in [-0.3, -0.25) is 0 Å². The Morgan fingerprint density at radius 2 is 2.26 bits per heavy atom. The first-order valence-electron chi connectivity index (χ1n) is 5.22. The van der Waals surface area contributed by atoms with Gasteiger partial charge in [-0.2, -0.15) is 0 Å². The van der Waals surface area contributed by atoms with Crippen molar-refractivity contribution >= 4 is 16.0 Å². The van der Waals surface area contributed by atoms with Crippen LogP contribution in [0.25, 0.3) is 0 Å². The molecule has 0 bridgehead atoms. The van der Waals surface area contributed by atoms with Gasteiger partial charge in [-0.25, -0.2) is 17.9 Å². The van der Waals surface area contributed by atoms with E-state index >= 15 is 0 Å². The third-order valence-electron chi connectivity index (χ3n) is 2.31. The molecule has 102 valence electrons. The first-order valence-corrected chi connectivity index (χ1v) is 6.70. The lowest BCUT2D eigenvalue weighted by Crippen LogP contribution is -2.22. The van der Waals surface area contributed by atoms with Crippen molar-refractivity contribution in [1.82, 2.24) is 14.9 Å². The number of nitrogens with one attached hydrogen (secondary N) is 2. The van der Waals surface area contributed by atoms with Gasteiger partial charge in [0.1, 0.15) is 10.6 Å². The molecule has 9 heteroatoms. The Kier molecular flexibility index (Phi) is 3.40. The van der Waals surface area contributed by atoms with Gasteiger partial charge in [0.2, 0.25) is 10.0 Å². The molecule has 0 atom stereocenters. The van der Waals surface area contributed by atoms with E-state index in [1.165, 1.54) is 0 Å². The van der Waals surface area contributed by atoms with Crippen molar-refractivity contribution in [2.45, 2.75) is 18.4 Å². The summed E-state index contributed by atoms with van der Waals surface area (Å²) < 4.78 is 30.9. The molecular formula is C10H11N3O5S. The molecular weight excluding hydrogens is 274 g/mol. The minimum atomic E-state index is -3.79. The molecule has 0 aliphatic heterocycles. The Morgan fingerprint density at radius 1 is 1.53 bits per heavy atom. The number of carboxylic acid groups (broad SMARTS) is 1. The van der Waals surface area contributed by atoms with E-state index in [4.69, 9.17) is 9.63 Å². The number of hydrogen-bond acceptors (Lipinski definition) is 5. The summed E-state index contributed by atoms with van der Waals surface area (Å²) in [5.41, 5.74) is 0.444. The van der Waals surface area contributed by atoms with Gasteiger partial charge < -0.3 is 14.6 Å². The number of rotatable bonds is 5. The second kappa shape index (κ2) is 4.86. The van der Waals surface area contributed by atoms with Crippen LogP contribution in [0.2, 0.25) is 0 Å². The van der Waals surface area contributed by atoms with Crippen molar-refractivity contribution in [2.24, 2.45) is 0 Å². The summed E-state index contributed by atoms with van der Waals surface area (Å²) in [6.07, 6.45) is 1.11. The number of hydrogen-bond donors (Lipinski definition) is 3. The fourth-order valence-corrected chi connectivity index (χ4v) is 2.39. The number of sulfonamides is 1. The maximum absolute atomic E-state index is 11.9. The van der Waals surface area contributed by atoms with Gasteiger partial charge >= 0.3 is 5.97 Å². The van der Waals surface area contributed by atoms with Gasteiger partial charge in [0.15, 0.2) is 5.76 Å². The summed E-state index contributed by atoms with van der Waals surface area (Å²) in [6, 6.07) is 2.64. The predicted octanol–water partition coefficient (Wildman–Crippen LogP) is 0.488. The van der Waals surface area contributed by atoms with Crippen molar-refractivity contribution in [3.63, 3.8) is 0 Å². The van der Waals surface area contributed by atoms with E-state index in [0.717, 1.165) is 12.3 Å². The fraction of sp³-hybridized carbons (Fsp3) is 0.200. The zero-order chi connectivity index (χ0) is 14.0. The van der Waals surface area contributed by atoms with Crippen molar-refractivity contribution in [2.75, 3.05) is 0 Å². The molecule has 0 aliphatic rings. The Morgan fingerprint density at radius 3 is 2.79 bits per heavy atom. The maximum atomic E-state index is 11.9. The maximum Gasteiger partial charge on any atom is 0.352 e. The molecule has 2 heterocycles. The third-order valence-corrected chi connectivity index (χ3v) is 3.69. The van der Waals surface area contributed by atoms with E-state index in [1.54, 1.807) is 13.0 Å². The largest absolute Gasteiger partial charge is 0.477 e. The van der Waals surface area contributed by atoms with Gasteiger partial charge in [-0.1, -0.05) is 5.16 Å². The Labute approximate surface area is 108 Å². The van der Waals surface area contributed by atoms with Crippen LogP contribution in [-0.4, -0.2) is 29.6 Å². The number of aryl methyl sites for hydroxylation is 1. The lowest BCUT2D eigenvalue weighted by atomic mass is 10.4. The van der Waals surface area contributed by atoms with Crippen LogP contribution in [0.5, 0.6) is 0 Å². The van der Waals surface area contributed by atoms with E-state index < -0.39 is 16.0 Å². The highest BCUT2D eigenvalue weighted by molar-refractivity contribution is 7.89. The molecule has 0 saturated carbocycles. The average molecular weight is 285 g/mol. The molecule has 2 rings (SSSR count). The van der Waals surface area contributed by atoms with Crippen LogP contribution in [0, 0.1) is 6.92 Å². The summed E-state index contributed by atoms with van der Waals surface area (Å²) in [5.74, 6) is -0.859. The summed E-state index contributed by atoms with van der Waals surface area (Å²) in [4.78, 5) is 12.9. The van der Waals surface area contributed by atoms with Crippen LogP contribution in [-0.2, 0) is 16.6 Å². The number of aromatic amines is 1. The van der Waals surface area contributed by atoms with E-state index in [9.17, 15) is 13.2 Å². The average Bonchev–Trinajstić information content (AvgIpc) is 2.95. The van der Waals surface area contributed by atoms with Gasteiger partial charge in [-0.05, 0) is 13.0 Å². The zero-order valence-electron chi connectivity index (χ0n) is 9.87. The molecule has 0 saturated heterocycles. The third kappa shape index (κ3) is 3.01. The highest BCUT2D eigenvalue weighted by Crippen LogP contribution is 2.11. The Hall–Kier alpha value is -2.13. The predicted molar refractivity (Wildman–Crippen MR) is 63.0 cm³/mol. The van der Waals surface area contributed by atoms with Crippen molar-refractivity contribution < 1.29 is 22.8 Å².